The van der Waals surface area contributed by atoms with E-state index in [9.17, 15) is 9.59 Å². The summed E-state index contributed by atoms with van der Waals surface area (Å²) in [6.07, 6.45) is 3.43. The molecule has 0 unspecified atom stereocenters. The second kappa shape index (κ2) is 7.23. The van der Waals surface area contributed by atoms with Crippen molar-refractivity contribution < 1.29 is 9.59 Å². The number of carbonyl (C=O) groups excluding carboxylic acids is 2. The zero-order chi connectivity index (χ0) is 22.7. The van der Waals surface area contributed by atoms with E-state index in [1.165, 1.54) is 0 Å². The minimum atomic E-state index is -0.442. The van der Waals surface area contributed by atoms with E-state index in [1.807, 2.05) is 35.7 Å². The maximum absolute atomic E-state index is 13.1. The van der Waals surface area contributed by atoms with Crippen LogP contribution >= 0.6 is 11.3 Å². The van der Waals surface area contributed by atoms with Crippen LogP contribution in [0.4, 0.5) is 5.95 Å². The topological polar surface area (TPSA) is 117 Å². The summed E-state index contributed by atoms with van der Waals surface area (Å²) in [5.74, 6) is -0.307. The van der Waals surface area contributed by atoms with Gasteiger partial charge in [-0.25, -0.2) is 9.97 Å². The van der Waals surface area contributed by atoms with Crippen LogP contribution < -0.4 is 16.0 Å². The van der Waals surface area contributed by atoms with E-state index in [1.54, 1.807) is 17.5 Å². The molecule has 1 fully saturated rings. The summed E-state index contributed by atoms with van der Waals surface area (Å²) in [5, 5.41) is 6.08. The lowest BCUT2D eigenvalue weighted by molar-refractivity contribution is -0.122. The Balaban J connectivity index is 1.58. The Kier molecular flexibility index (Phi) is 4.40. The average molecular weight is 459 g/mol. The first-order valence-corrected chi connectivity index (χ1v) is 11.8. The monoisotopic (exact) mass is 458 g/mol. The lowest BCUT2D eigenvalue weighted by Gasteiger charge is -2.36. The summed E-state index contributed by atoms with van der Waals surface area (Å²) < 4.78 is 0. The molecule has 0 spiro atoms. The van der Waals surface area contributed by atoms with E-state index in [0.29, 0.717) is 22.8 Å². The highest BCUT2D eigenvalue weighted by atomic mass is 32.1. The lowest BCUT2D eigenvalue weighted by atomic mass is 9.91. The van der Waals surface area contributed by atoms with Crippen molar-refractivity contribution in [3.05, 3.63) is 53.2 Å². The van der Waals surface area contributed by atoms with Gasteiger partial charge in [0.1, 0.15) is 4.83 Å². The van der Waals surface area contributed by atoms with Crippen molar-refractivity contribution >= 4 is 61.4 Å². The summed E-state index contributed by atoms with van der Waals surface area (Å²) in [4.78, 5) is 42.0. The number of H-pyrrole nitrogens is 1. The molecule has 8 nitrogen and oxygen atoms in total. The van der Waals surface area contributed by atoms with E-state index < -0.39 is 11.8 Å². The Morgan fingerprint density at radius 2 is 1.79 bits per heavy atom. The molecule has 166 valence electrons. The SMILES string of the molecule is CC1(N)CCN(c2nc(C3=C(c4c[nH]c5sccc45)C(=O)NC3=O)c3ccccc3n2)CC1. The molecule has 2 aliphatic rings. The molecule has 3 aromatic heterocycles. The van der Waals surface area contributed by atoms with Crippen LogP contribution in [0, 0.1) is 0 Å². The number of thiophene rings is 1. The fraction of sp³-hybridized carbons (Fsp3) is 0.250. The minimum Gasteiger partial charge on any atom is -0.352 e. The van der Waals surface area contributed by atoms with E-state index in [0.717, 1.165) is 47.1 Å². The van der Waals surface area contributed by atoms with Crippen molar-refractivity contribution in [2.45, 2.75) is 25.3 Å². The van der Waals surface area contributed by atoms with Gasteiger partial charge in [0.15, 0.2) is 0 Å². The second-order valence-corrected chi connectivity index (χ2v) is 9.85. The van der Waals surface area contributed by atoms with Crippen LogP contribution in [0.3, 0.4) is 0 Å². The predicted molar refractivity (Wildman–Crippen MR) is 130 cm³/mol. The molecule has 1 aromatic carbocycles. The summed E-state index contributed by atoms with van der Waals surface area (Å²) in [6.45, 7) is 3.52. The van der Waals surface area contributed by atoms with Crippen LogP contribution in [-0.2, 0) is 9.59 Å². The Morgan fingerprint density at radius 1 is 1.03 bits per heavy atom. The molecular formula is C24H22N6O2S. The molecule has 5 heterocycles. The fourth-order valence-corrected chi connectivity index (χ4v) is 5.38. The molecule has 4 aromatic rings. The zero-order valence-electron chi connectivity index (χ0n) is 18.0. The van der Waals surface area contributed by atoms with Gasteiger partial charge in [-0.05, 0) is 37.3 Å². The third-order valence-corrected chi connectivity index (χ3v) is 7.37. The molecule has 4 N–H and O–H groups in total. The number of nitrogens with one attached hydrogen (secondary N) is 2. The van der Waals surface area contributed by atoms with Crippen molar-refractivity contribution in [2.24, 2.45) is 5.73 Å². The molecule has 9 heteroatoms. The molecule has 2 amide bonds. The van der Waals surface area contributed by atoms with Gasteiger partial charge in [-0.1, -0.05) is 18.2 Å². The summed E-state index contributed by atoms with van der Waals surface area (Å²) in [5.41, 5.74) is 8.63. The predicted octanol–water partition coefficient (Wildman–Crippen LogP) is 3.06. The average Bonchev–Trinajstić information content (AvgIpc) is 3.48. The number of nitrogens with two attached hydrogens (primary N) is 1. The fourth-order valence-electron chi connectivity index (χ4n) is 4.61. The van der Waals surface area contributed by atoms with Gasteiger partial charge in [-0.3, -0.25) is 14.9 Å². The number of carbonyl (C=O) groups is 2. The number of piperidine rings is 1. The molecule has 0 saturated carbocycles. The number of hydrogen-bond donors (Lipinski definition) is 3. The number of imide groups is 1. The van der Waals surface area contributed by atoms with E-state index in [4.69, 9.17) is 15.7 Å². The third-order valence-electron chi connectivity index (χ3n) is 6.52. The second-order valence-electron chi connectivity index (χ2n) is 8.93. The number of rotatable bonds is 3. The van der Waals surface area contributed by atoms with E-state index in [-0.39, 0.29) is 11.1 Å². The van der Waals surface area contributed by atoms with Gasteiger partial charge in [-0.15, -0.1) is 11.3 Å². The molecule has 0 atom stereocenters. The van der Waals surface area contributed by atoms with Crippen molar-refractivity contribution in [2.75, 3.05) is 18.0 Å². The van der Waals surface area contributed by atoms with Gasteiger partial charge in [-0.2, -0.15) is 0 Å². The number of benzene rings is 1. The first-order chi connectivity index (χ1) is 15.9. The van der Waals surface area contributed by atoms with Crippen LogP contribution in [-0.4, -0.2) is 45.4 Å². The quantitative estimate of drug-likeness (QED) is 0.406. The Bertz CT molecular complexity index is 1470. The Morgan fingerprint density at radius 3 is 2.61 bits per heavy atom. The standard InChI is InChI=1S/C24H22N6O2S/c1-24(25)7-9-30(10-8-24)23-27-16-5-3-2-4-14(16)19(28-23)18-17(20(31)29-21(18)32)15-12-26-22-13(15)6-11-33-22/h2-6,11-12,26H,7-10,25H2,1H3,(H,29,31,32). The minimum absolute atomic E-state index is 0.205. The molecular weight excluding hydrogens is 436 g/mol. The molecule has 0 bridgehead atoms. The largest absolute Gasteiger partial charge is 0.352 e. The number of nitrogens with zero attached hydrogens (tertiary/aromatic N) is 3. The summed E-state index contributed by atoms with van der Waals surface area (Å²) in [6, 6.07) is 9.54. The molecule has 0 aliphatic carbocycles. The molecule has 0 radical (unpaired) electrons. The first kappa shape index (κ1) is 20.1. The third kappa shape index (κ3) is 3.23. The number of anilines is 1. The van der Waals surface area contributed by atoms with E-state index >= 15 is 0 Å². The summed E-state index contributed by atoms with van der Waals surface area (Å²) >= 11 is 1.55. The number of fused-ring (bicyclic) bond motifs is 2. The molecule has 2 aliphatic heterocycles. The molecule has 1 saturated heterocycles. The van der Waals surface area contributed by atoms with Crippen molar-refractivity contribution in [1.29, 1.82) is 0 Å². The lowest BCUT2D eigenvalue weighted by Crippen LogP contribution is -2.48. The highest BCUT2D eigenvalue weighted by Gasteiger charge is 2.36. The van der Waals surface area contributed by atoms with E-state index in [2.05, 4.69) is 22.1 Å². The van der Waals surface area contributed by atoms with Gasteiger partial charge >= 0.3 is 0 Å². The highest BCUT2D eigenvalue weighted by Crippen LogP contribution is 2.38. The highest BCUT2D eigenvalue weighted by molar-refractivity contribution is 7.16. The molecule has 6 rings (SSSR count). The van der Waals surface area contributed by atoms with Gasteiger partial charge in [0, 0.05) is 41.2 Å². The summed E-state index contributed by atoms with van der Waals surface area (Å²) in [7, 11) is 0. The maximum atomic E-state index is 13.1. The van der Waals surface area contributed by atoms with Crippen molar-refractivity contribution in [3.63, 3.8) is 0 Å². The van der Waals surface area contributed by atoms with Gasteiger partial charge in [0.2, 0.25) is 5.95 Å². The van der Waals surface area contributed by atoms with Gasteiger partial charge in [0.25, 0.3) is 11.8 Å². The van der Waals surface area contributed by atoms with Crippen LogP contribution in [0.5, 0.6) is 0 Å². The van der Waals surface area contributed by atoms with Gasteiger partial charge in [0.05, 0.1) is 22.4 Å². The van der Waals surface area contributed by atoms with Crippen LogP contribution in [0.2, 0.25) is 0 Å². The number of aromatic nitrogens is 3. The Hall–Kier alpha value is -3.56. The Labute approximate surface area is 193 Å². The van der Waals surface area contributed by atoms with Crippen LogP contribution in [0.25, 0.3) is 32.3 Å². The van der Waals surface area contributed by atoms with Crippen LogP contribution in [0.15, 0.2) is 41.9 Å². The van der Waals surface area contributed by atoms with Crippen LogP contribution in [0.1, 0.15) is 31.0 Å². The zero-order valence-corrected chi connectivity index (χ0v) is 18.8. The normalized spacial score (nSPS) is 18.5. The molecule has 33 heavy (non-hydrogen) atoms. The van der Waals surface area contributed by atoms with Crippen molar-refractivity contribution in [1.82, 2.24) is 20.3 Å². The number of para-hydroxylation sites is 1. The van der Waals surface area contributed by atoms with Crippen molar-refractivity contribution in [3.8, 4) is 0 Å². The number of aromatic amines is 1. The first-order valence-electron chi connectivity index (χ1n) is 10.9. The van der Waals surface area contributed by atoms with Gasteiger partial charge < -0.3 is 15.6 Å². The number of hydrogen-bond acceptors (Lipinski definition) is 7. The smallest absolute Gasteiger partial charge is 0.261 e. The maximum Gasteiger partial charge on any atom is 0.261 e. The number of amides is 2.